The predicted molar refractivity (Wildman–Crippen MR) is 78.8 cm³/mol. The molecule has 0 saturated carbocycles. The van der Waals surface area contributed by atoms with Crippen molar-refractivity contribution >= 4 is 17.6 Å². The molecule has 2 aromatic rings. The van der Waals surface area contributed by atoms with Gasteiger partial charge in [0.1, 0.15) is 5.76 Å². The van der Waals surface area contributed by atoms with Gasteiger partial charge >= 0.3 is 6.03 Å². The van der Waals surface area contributed by atoms with Crippen LogP contribution in [0.5, 0.6) is 0 Å². The maximum absolute atomic E-state index is 11.9. The predicted octanol–water partition coefficient (Wildman–Crippen LogP) is 1.74. The zero-order valence-electron chi connectivity index (χ0n) is 11.7. The van der Waals surface area contributed by atoms with Crippen LogP contribution in [0.2, 0.25) is 0 Å². The molecular weight excluding hydrogens is 270 g/mol. The molecule has 0 saturated heterocycles. The lowest BCUT2D eigenvalue weighted by Gasteiger charge is -2.23. The summed E-state index contributed by atoms with van der Waals surface area (Å²) < 4.78 is 5.32. The molecule has 0 radical (unpaired) electrons. The van der Waals surface area contributed by atoms with Gasteiger partial charge in [-0.15, -0.1) is 0 Å². The minimum atomic E-state index is -0.522. The van der Waals surface area contributed by atoms with Crippen LogP contribution in [0.15, 0.2) is 53.1 Å². The molecule has 0 atom stereocenters. The summed E-state index contributed by atoms with van der Waals surface area (Å²) in [5.74, 6) is 0.358. The van der Waals surface area contributed by atoms with Gasteiger partial charge in [0, 0.05) is 12.7 Å². The van der Waals surface area contributed by atoms with Gasteiger partial charge in [-0.3, -0.25) is 10.1 Å². The Bertz CT molecular complexity index is 581. The Labute approximate surface area is 122 Å². The van der Waals surface area contributed by atoms with Gasteiger partial charge in [0.05, 0.1) is 19.4 Å². The summed E-state index contributed by atoms with van der Waals surface area (Å²) in [6, 6.07) is 12.6. The van der Waals surface area contributed by atoms with E-state index in [1.54, 1.807) is 12.3 Å². The number of nitrogens with one attached hydrogen (secondary N) is 2. The molecule has 6 heteroatoms. The fourth-order valence-corrected chi connectivity index (χ4v) is 1.87. The van der Waals surface area contributed by atoms with Gasteiger partial charge in [0.25, 0.3) is 0 Å². The number of anilines is 1. The van der Waals surface area contributed by atoms with E-state index in [2.05, 4.69) is 10.6 Å². The van der Waals surface area contributed by atoms with Crippen molar-refractivity contribution in [3.8, 4) is 0 Å². The van der Waals surface area contributed by atoms with Crippen molar-refractivity contribution in [3.63, 3.8) is 0 Å². The van der Waals surface area contributed by atoms with Crippen LogP contribution in [0.25, 0.3) is 0 Å². The number of amides is 3. The number of imide groups is 1. The lowest BCUT2D eigenvalue weighted by molar-refractivity contribution is -0.118. The molecule has 0 aliphatic rings. The summed E-state index contributed by atoms with van der Waals surface area (Å²) in [7, 11) is 1.46. The average molecular weight is 287 g/mol. The van der Waals surface area contributed by atoms with E-state index in [0.717, 1.165) is 11.4 Å². The van der Waals surface area contributed by atoms with Crippen LogP contribution in [-0.4, -0.2) is 25.5 Å². The van der Waals surface area contributed by atoms with Crippen LogP contribution in [0, 0.1) is 0 Å². The van der Waals surface area contributed by atoms with Crippen molar-refractivity contribution in [1.82, 2.24) is 10.6 Å². The standard InChI is InChI=1S/C15H17N3O3/c1-16-15(20)17-14(19)11-18(10-13-8-5-9-21-13)12-6-3-2-4-7-12/h2-9H,10-11H2,1H3,(H2,16,17,19,20). The molecule has 1 aromatic carbocycles. The van der Waals surface area contributed by atoms with Gasteiger partial charge in [-0.1, -0.05) is 18.2 Å². The largest absolute Gasteiger partial charge is 0.467 e. The fraction of sp³-hybridized carbons (Fsp3) is 0.200. The highest BCUT2D eigenvalue weighted by atomic mass is 16.3. The van der Waals surface area contributed by atoms with E-state index in [1.165, 1.54) is 7.05 Å². The van der Waals surface area contributed by atoms with E-state index in [9.17, 15) is 9.59 Å². The van der Waals surface area contributed by atoms with Crippen molar-refractivity contribution in [2.45, 2.75) is 6.54 Å². The number of furan rings is 1. The van der Waals surface area contributed by atoms with Crippen LogP contribution in [-0.2, 0) is 11.3 Å². The molecule has 0 spiro atoms. The Morgan fingerprint density at radius 2 is 1.90 bits per heavy atom. The number of hydrogen-bond acceptors (Lipinski definition) is 4. The van der Waals surface area contributed by atoms with Gasteiger partial charge in [-0.05, 0) is 24.3 Å². The van der Waals surface area contributed by atoms with Crippen LogP contribution < -0.4 is 15.5 Å². The average Bonchev–Trinajstić information content (AvgIpc) is 3.00. The van der Waals surface area contributed by atoms with Crippen LogP contribution in [0.4, 0.5) is 10.5 Å². The van der Waals surface area contributed by atoms with Crippen molar-refractivity contribution in [3.05, 3.63) is 54.5 Å². The molecule has 0 aliphatic carbocycles. The quantitative estimate of drug-likeness (QED) is 0.878. The van der Waals surface area contributed by atoms with E-state index < -0.39 is 6.03 Å². The molecule has 2 N–H and O–H groups in total. The zero-order chi connectivity index (χ0) is 15.1. The number of rotatable bonds is 5. The topological polar surface area (TPSA) is 74.6 Å². The molecule has 0 bridgehead atoms. The molecule has 0 aliphatic heterocycles. The first-order valence-electron chi connectivity index (χ1n) is 6.53. The van der Waals surface area contributed by atoms with Gasteiger partial charge in [-0.2, -0.15) is 0 Å². The molecule has 3 amide bonds. The normalized spacial score (nSPS) is 9.95. The molecule has 110 valence electrons. The molecule has 1 aromatic heterocycles. The van der Waals surface area contributed by atoms with Gasteiger partial charge < -0.3 is 14.6 Å². The number of nitrogens with zero attached hydrogens (tertiary/aromatic N) is 1. The number of hydrogen-bond donors (Lipinski definition) is 2. The smallest absolute Gasteiger partial charge is 0.321 e. The highest BCUT2D eigenvalue weighted by Gasteiger charge is 2.14. The molecule has 2 rings (SSSR count). The van der Waals surface area contributed by atoms with Crippen molar-refractivity contribution in [1.29, 1.82) is 0 Å². The first-order valence-corrected chi connectivity index (χ1v) is 6.53. The molecular formula is C15H17N3O3. The van der Waals surface area contributed by atoms with E-state index in [1.807, 2.05) is 41.3 Å². The van der Waals surface area contributed by atoms with Gasteiger partial charge in [0.15, 0.2) is 0 Å². The van der Waals surface area contributed by atoms with Gasteiger partial charge in [0.2, 0.25) is 5.91 Å². The van der Waals surface area contributed by atoms with Crippen LogP contribution in [0.1, 0.15) is 5.76 Å². The third-order valence-corrected chi connectivity index (χ3v) is 2.86. The van der Waals surface area contributed by atoms with E-state index >= 15 is 0 Å². The minimum absolute atomic E-state index is 0.0537. The summed E-state index contributed by atoms with van der Waals surface area (Å²) in [6.45, 7) is 0.496. The number of benzene rings is 1. The van der Waals surface area contributed by atoms with E-state index in [4.69, 9.17) is 4.42 Å². The Morgan fingerprint density at radius 1 is 1.14 bits per heavy atom. The minimum Gasteiger partial charge on any atom is -0.467 e. The number of carbonyl (C=O) groups is 2. The fourth-order valence-electron chi connectivity index (χ4n) is 1.87. The Morgan fingerprint density at radius 3 is 2.52 bits per heavy atom. The van der Waals surface area contributed by atoms with Gasteiger partial charge in [-0.25, -0.2) is 4.79 Å². The first-order chi connectivity index (χ1) is 10.2. The Kier molecular flexibility index (Phi) is 4.98. The van der Waals surface area contributed by atoms with Crippen LogP contribution >= 0.6 is 0 Å². The second-order valence-electron chi connectivity index (χ2n) is 4.40. The third kappa shape index (κ3) is 4.38. The lowest BCUT2D eigenvalue weighted by atomic mass is 10.2. The van der Waals surface area contributed by atoms with Crippen LogP contribution in [0.3, 0.4) is 0 Å². The lowest BCUT2D eigenvalue weighted by Crippen LogP contribution is -2.43. The molecule has 0 fully saturated rings. The summed E-state index contributed by atoms with van der Waals surface area (Å²) in [5.41, 5.74) is 0.876. The summed E-state index contributed by atoms with van der Waals surface area (Å²) in [4.78, 5) is 24.9. The summed E-state index contributed by atoms with van der Waals surface area (Å²) >= 11 is 0. The maximum atomic E-state index is 11.9. The van der Waals surface area contributed by atoms with Crippen molar-refractivity contribution in [2.75, 3.05) is 18.5 Å². The summed E-state index contributed by atoms with van der Waals surface area (Å²) in [6.07, 6.45) is 1.59. The second kappa shape index (κ2) is 7.14. The number of para-hydroxylation sites is 1. The van der Waals surface area contributed by atoms with E-state index in [-0.39, 0.29) is 12.5 Å². The second-order valence-corrected chi connectivity index (χ2v) is 4.40. The van der Waals surface area contributed by atoms with E-state index in [0.29, 0.717) is 6.54 Å². The molecule has 21 heavy (non-hydrogen) atoms. The Hall–Kier alpha value is -2.76. The molecule has 6 nitrogen and oxygen atoms in total. The maximum Gasteiger partial charge on any atom is 0.321 e. The van der Waals surface area contributed by atoms with Crippen molar-refractivity contribution in [2.24, 2.45) is 0 Å². The number of carbonyl (C=O) groups excluding carboxylic acids is 2. The summed E-state index contributed by atoms with van der Waals surface area (Å²) in [5, 5.41) is 4.59. The first kappa shape index (κ1) is 14.6. The highest BCUT2D eigenvalue weighted by Crippen LogP contribution is 2.16. The third-order valence-electron chi connectivity index (χ3n) is 2.86. The molecule has 1 heterocycles. The zero-order valence-corrected chi connectivity index (χ0v) is 11.7. The molecule has 0 unspecified atom stereocenters. The monoisotopic (exact) mass is 287 g/mol. The SMILES string of the molecule is CNC(=O)NC(=O)CN(Cc1ccco1)c1ccccc1. The number of urea groups is 1. The van der Waals surface area contributed by atoms with Crippen molar-refractivity contribution < 1.29 is 14.0 Å². The highest BCUT2D eigenvalue weighted by molar-refractivity contribution is 5.96. The Balaban J connectivity index is 2.09.